The minimum absolute atomic E-state index is 0.201. The Morgan fingerprint density at radius 1 is 0.528 bits per heavy atom. The average Bonchev–Trinajstić information content (AvgIpc) is 2.90. The van der Waals surface area contributed by atoms with Crippen LogP contribution in [0.15, 0.2) is 48.5 Å². The highest BCUT2D eigenvalue weighted by Gasteiger charge is 2.46. The molecule has 0 unspecified atom stereocenters. The molecule has 0 aliphatic carbocycles. The maximum Gasteiger partial charge on any atom is 0.229 e. The first-order valence-electron chi connectivity index (χ1n) is 11.4. The second-order valence-electron chi connectivity index (χ2n) is 8.62. The summed E-state index contributed by atoms with van der Waals surface area (Å²) in [7, 11) is 0. The van der Waals surface area contributed by atoms with Crippen molar-refractivity contribution in [1.29, 1.82) is 0 Å². The van der Waals surface area contributed by atoms with E-state index < -0.39 is 74.6 Å². The molecule has 2 aromatic carbocycles. The van der Waals surface area contributed by atoms with Gasteiger partial charge in [-0.2, -0.15) is 0 Å². The summed E-state index contributed by atoms with van der Waals surface area (Å²) in [5, 5.41) is 79.8. The molecule has 2 aromatic rings. The summed E-state index contributed by atoms with van der Waals surface area (Å²) in [6.45, 7) is -1.22. The Balaban J connectivity index is 1.61. The molecule has 0 radical (unpaired) electrons. The van der Waals surface area contributed by atoms with Crippen LogP contribution in [0.25, 0.3) is 11.1 Å². The molecule has 12 nitrogen and oxygen atoms in total. The van der Waals surface area contributed by atoms with Crippen molar-refractivity contribution < 1.29 is 59.8 Å². The zero-order valence-corrected chi connectivity index (χ0v) is 19.0. The highest BCUT2D eigenvalue weighted by atomic mass is 16.7. The summed E-state index contributed by atoms with van der Waals surface area (Å²) in [6, 6.07) is 13.2. The largest absolute Gasteiger partial charge is 0.461 e. The SMILES string of the molecule is OC[C@H]1O[C@H](Oc2ccccc2-c2ccccc2O[C@H]2O[C@H](CO)[C@@H](O)[C@H](O)[C@@H]2O)[C@@H](O)[C@@H](O)[C@@H]1O. The van der Waals surface area contributed by atoms with E-state index in [2.05, 4.69) is 0 Å². The van der Waals surface area contributed by atoms with Gasteiger partial charge in [-0.05, 0) is 12.1 Å². The van der Waals surface area contributed by atoms with Gasteiger partial charge in [0.05, 0.1) is 13.2 Å². The van der Waals surface area contributed by atoms with Crippen LogP contribution in [0.4, 0.5) is 0 Å². The molecule has 0 amide bonds. The molecule has 0 bridgehead atoms. The van der Waals surface area contributed by atoms with Crippen LogP contribution in [0, 0.1) is 0 Å². The highest BCUT2D eigenvalue weighted by molar-refractivity contribution is 5.75. The molecule has 2 fully saturated rings. The topological polar surface area (TPSA) is 199 Å². The minimum Gasteiger partial charge on any atom is -0.461 e. The van der Waals surface area contributed by atoms with Crippen molar-refractivity contribution in [3.63, 3.8) is 0 Å². The Bertz CT molecular complexity index is 921. The second-order valence-corrected chi connectivity index (χ2v) is 8.62. The van der Waals surface area contributed by atoms with Gasteiger partial charge in [0.15, 0.2) is 0 Å². The zero-order valence-electron chi connectivity index (χ0n) is 19.0. The lowest BCUT2D eigenvalue weighted by Crippen LogP contribution is -2.60. The number of benzene rings is 2. The maximum atomic E-state index is 10.4. The number of rotatable bonds is 7. The Morgan fingerprint density at radius 3 is 1.25 bits per heavy atom. The van der Waals surface area contributed by atoms with E-state index in [1.807, 2.05) is 0 Å². The molecule has 10 atom stereocenters. The van der Waals surface area contributed by atoms with Gasteiger partial charge in [0.1, 0.15) is 60.3 Å². The lowest BCUT2D eigenvalue weighted by atomic mass is 9.99. The third-order valence-electron chi connectivity index (χ3n) is 6.25. The fourth-order valence-electron chi connectivity index (χ4n) is 4.16. The molecule has 0 spiro atoms. The predicted molar refractivity (Wildman–Crippen MR) is 121 cm³/mol. The quantitative estimate of drug-likeness (QED) is 0.199. The first-order chi connectivity index (χ1) is 17.3. The number of aliphatic hydroxyl groups excluding tert-OH is 8. The summed E-state index contributed by atoms with van der Waals surface area (Å²) >= 11 is 0. The molecular weight excluding hydrogens is 480 g/mol. The van der Waals surface area contributed by atoms with Crippen molar-refractivity contribution in [2.75, 3.05) is 13.2 Å². The van der Waals surface area contributed by atoms with Gasteiger partial charge in [0.2, 0.25) is 12.6 Å². The lowest BCUT2D eigenvalue weighted by Gasteiger charge is -2.40. The van der Waals surface area contributed by atoms with Crippen LogP contribution >= 0.6 is 0 Å². The van der Waals surface area contributed by atoms with Gasteiger partial charge in [0, 0.05) is 11.1 Å². The van der Waals surface area contributed by atoms with Crippen molar-refractivity contribution >= 4 is 0 Å². The highest BCUT2D eigenvalue weighted by Crippen LogP contribution is 2.39. The standard InChI is InChI=1S/C24H30O12/c25-9-15-17(27)19(29)21(31)23(35-15)33-13-7-3-1-5-11(13)12-6-2-4-8-14(12)34-24-22(32)20(30)18(28)16(10-26)36-24/h1-8,15-32H,9-10H2/t15-,16-,17-,18-,19+,20+,21+,22+,23+,24+/m1/s1. The molecular formula is C24H30O12. The van der Waals surface area contributed by atoms with Crippen LogP contribution in [-0.4, -0.2) is 115 Å². The normalized spacial score (nSPS) is 36.9. The Morgan fingerprint density at radius 2 is 0.889 bits per heavy atom. The Labute approximate surface area is 206 Å². The summed E-state index contributed by atoms with van der Waals surface area (Å²) in [5.74, 6) is 0.401. The second kappa shape index (κ2) is 11.4. The number of para-hydroxylation sites is 2. The third-order valence-corrected chi connectivity index (χ3v) is 6.25. The lowest BCUT2D eigenvalue weighted by molar-refractivity contribution is -0.277. The van der Waals surface area contributed by atoms with Gasteiger partial charge in [-0.15, -0.1) is 0 Å². The van der Waals surface area contributed by atoms with Crippen LogP contribution in [-0.2, 0) is 9.47 Å². The molecule has 8 N–H and O–H groups in total. The molecule has 198 valence electrons. The molecule has 0 saturated carbocycles. The van der Waals surface area contributed by atoms with E-state index >= 15 is 0 Å². The summed E-state index contributed by atoms with van der Waals surface area (Å²) in [4.78, 5) is 0. The van der Waals surface area contributed by atoms with Crippen molar-refractivity contribution in [2.24, 2.45) is 0 Å². The predicted octanol–water partition coefficient (Wildman–Crippen LogP) is -2.29. The van der Waals surface area contributed by atoms with Gasteiger partial charge in [0.25, 0.3) is 0 Å². The van der Waals surface area contributed by atoms with Crippen LogP contribution in [0.2, 0.25) is 0 Å². The van der Waals surface area contributed by atoms with Crippen LogP contribution in [0.3, 0.4) is 0 Å². The van der Waals surface area contributed by atoms with Crippen molar-refractivity contribution in [1.82, 2.24) is 0 Å². The van der Waals surface area contributed by atoms with Gasteiger partial charge in [-0.3, -0.25) is 0 Å². The smallest absolute Gasteiger partial charge is 0.229 e. The van der Waals surface area contributed by atoms with Crippen LogP contribution < -0.4 is 9.47 Å². The molecule has 2 aliphatic rings. The van der Waals surface area contributed by atoms with E-state index in [4.69, 9.17) is 18.9 Å². The third kappa shape index (κ3) is 5.19. The molecule has 2 saturated heterocycles. The summed E-state index contributed by atoms with van der Waals surface area (Å²) in [6.07, 6.45) is -14.7. The van der Waals surface area contributed by atoms with Gasteiger partial charge < -0.3 is 59.8 Å². The van der Waals surface area contributed by atoms with Crippen molar-refractivity contribution in [3.8, 4) is 22.6 Å². The monoisotopic (exact) mass is 510 g/mol. The van der Waals surface area contributed by atoms with Gasteiger partial charge in [-0.1, -0.05) is 36.4 Å². The number of aliphatic hydroxyl groups is 8. The number of hydrogen-bond acceptors (Lipinski definition) is 12. The summed E-state index contributed by atoms with van der Waals surface area (Å²) in [5.41, 5.74) is 0.907. The fourth-order valence-corrected chi connectivity index (χ4v) is 4.16. The minimum atomic E-state index is -1.62. The Kier molecular flexibility index (Phi) is 8.42. The molecule has 12 heteroatoms. The number of ether oxygens (including phenoxy) is 4. The van der Waals surface area contributed by atoms with Crippen LogP contribution in [0.5, 0.6) is 11.5 Å². The summed E-state index contributed by atoms with van der Waals surface area (Å²) < 4.78 is 22.6. The molecule has 4 rings (SSSR count). The zero-order chi connectivity index (χ0) is 26.0. The fraction of sp³-hybridized carbons (Fsp3) is 0.500. The van der Waals surface area contributed by atoms with E-state index in [1.54, 1.807) is 48.5 Å². The van der Waals surface area contributed by atoms with E-state index in [1.165, 1.54) is 0 Å². The first-order valence-corrected chi connectivity index (χ1v) is 11.4. The van der Waals surface area contributed by atoms with E-state index in [0.29, 0.717) is 11.1 Å². The van der Waals surface area contributed by atoms with E-state index in [0.717, 1.165) is 0 Å². The maximum absolute atomic E-state index is 10.4. The number of hydrogen-bond donors (Lipinski definition) is 8. The Hall–Kier alpha value is -2.36. The average molecular weight is 510 g/mol. The van der Waals surface area contributed by atoms with Gasteiger partial charge in [-0.25, -0.2) is 0 Å². The van der Waals surface area contributed by atoms with Crippen molar-refractivity contribution in [3.05, 3.63) is 48.5 Å². The van der Waals surface area contributed by atoms with E-state index in [9.17, 15) is 40.9 Å². The van der Waals surface area contributed by atoms with Crippen molar-refractivity contribution in [2.45, 2.75) is 61.4 Å². The molecule has 0 aromatic heterocycles. The first kappa shape index (κ1) is 26.7. The molecule has 2 heterocycles. The van der Waals surface area contributed by atoms with E-state index in [-0.39, 0.29) is 11.5 Å². The molecule has 36 heavy (non-hydrogen) atoms. The molecule has 2 aliphatic heterocycles. The van der Waals surface area contributed by atoms with Crippen LogP contribution in [0.1, 0.15) is 0 Å². The van der Waals surface area contributed by atoms with Gasteiger partial charge >= 0.3 is 0 Å².